The number of para-hydroxylation sites is 1. The lowest BCUT2D eigenvalue weighted by atomic mass is 9.82. The fraction of sp³-hybridized carbons (Fsp3) is 0.556. The van der Waals surface area contributed by atoms with E-state index in [4.69, 9.17) is 9.72 Å². The first-order chi connectivity index (χ1) is 11.2. The van der Waals surface area contributed by atoms with Crippen LogP contribution in [-0.4, -0.2) is 31.2 Å². The third-order valence-corrected chi connectivity index (χ3v) is 5.72. The second kappa shape index (κ2) is 7.41. The van der Waals surface area contributed by atoms with Crippen LogP contribution in [0.4, 0.5) is 0 Å². The van der Waals surface area contributed by atoms with Crippen molar-refractivity contribution in [3.8, 4) is 0 Å². The fourth-order valence-electron chi connectivity index (χ4n) is 3.43. The molecule has 1 heterocycles. The standard InChI is InChI=1S/C18H24N2O2S/c1-22-12-6-11-19-17(21)18(9-4-5-10-18)13-16-20-14-7-2-3-8-15(14)23-16/h2-3,7-8H,4-6,9-13H2,1H3,(H,19,21). The average Bonchev–Trinajstić information content (AvgIpc) is 3.18. The highest BCUT2D eigenvalue weighted by molar-refractivity contribution is 7.18. The number of thiazole rings is 1. The van der Waals surface area contributed by atoms with Crippen LogP contribution in [0.2, 0.25) is 0 Å². The summed E-state index contributed by atoms with van der Waals surface area (Å²) in [6, 6.07) is 8.20. The summed E-state index contributed by atoms with van der Waals surface area (Å²) in [5, 5.41) is 4.20. The van der Waals surface area contributed by atoms with Crippen LogP contribution < -0.4 is 5.32 Å². The summed E-state index contributed by atoms with van der Waals surface area (Å²) in [6.45, 7) is 1.37. The quantitative estimate of drug-likeness (QED) is 0.789. The van der Waals surface area contributed by atoms with E-state index in [9.17, 15) is 4.79 Å². The molecule has 23 heavy (non-hydrogen) atoms. The minimum absolute atomic E-state index is 0.199. The smallest absolute Gasteiger partial charge is 0.226 e. The molecule has 5 heteroatoms. The Balaban J connectivity index is 1.71. The highest BCUT2D eigenvalue weighted by Crippen LogP contribution is 2.42. The summed E-state index contributed by atoms with van der Waals surface area (Å²) in [5.74, 6) is 0.199. The van der Waals surface area contributed by atoms with Gasteiger partial charge in [-0.15, -0.1) is 11.3 Å². The predicted octanol–water partition coefficient (Wildman–Crippen LogP) is 3.55. The molecule has 0 spiro atoms. The number of amides is 1. The van der Waals surface area contributed by atoms with E-state index in [1.807, 2.05) is 18.2 Å². The maximum absolute atomic E-state index is 12.8. The summed E-state index contributed by atoms with van der Waals surface area (Å²) < 4.78 is 6.25. The van der Waals surface area contributed by atoms with Crippen LogP contribution in [0.15, 0.2) is 24.3 Å². The van der Waals surface area contributed by atoms with Gasteiger partial charge in [0.25, 0.3) is 0 Å². The lowest BCUT2D eigenvalue weighted by Gasteiger charge is -2.26. The van der Waals surface area contributed by atoms with E-state index in [0.717, 1.165) is 49.0 Å². The van der Waals surface area contributed by atoms with Gasteiger partial charge < -0.3 is 10.1 Å². The molecule has 1 amide bonds. The molecule has 124 valence electrons. The van der Waals surface area contributed by atoms with Crippen LogP contribution in [0, 0.1) is 5.41 Å². The third-order valence-electron chi connectivity index (χ3n) is 4.68. The topological polar surface area (TPSA) is 51.2 Å². The molecule has 2 aromatic rings. The number of nitrogens with one attached hydrogen (secondary N) is 1. The first-order valence-electron chi connectivity index (χ1n) is 8.35. The molecule has 4 nitrogen and oxygen atoms in total. The van der Waals surface area contributed by atoms with Crippen molar-refractivity contribution in [2.24, 2.45) is 5.41 Å². The Kier molecular flexibility index (Phi) is 5.28. The second-order valence-corrected chi connectivity index (χ2v) is 7.46. The Morgan fingerprint density at radius 2 is 2.13 bits per heavy atom. The van der Waals surface area contributed by atoms with Gasteiger partial charge in [0.05, 0.1) is 20.6 Å². The molecule has 1 aliphatic carbocycles. The van der Waals surface area contributed by atoms with Gasteiger partial charge in [0.2, 0.25) is 5.91 Å². The summed E-state index contributed by atoms with van der Waals surface area (Å²) >= 11 is 1.72. The lowest BCUT2D eigenvalue weighted by molar-refractivity contribution is -0.130. The Bertz CT molecular complexity index is 629. The SMILES string of the molecule is COCCCNC(=O)C1(Cc2nc3ccccc3s2)CCCC1. The molecule has 1 fully saturated rings. The maximum Gasteiger partial charge on any atom is 0.226 e. The van der Waals surface area contributed by atoms with Crippen molar-refractivity contribution in [1.29, 1.82) is 0 Å². The highest BCUT2D eigenvalue weighted by atomic mass is 32.1. The van der Waals surface area contributed by atoms with Gasteiger partial charge in [-0.25, -0.2) is 4.98 Å². The summed E-state index contributed by atoms with van der Waals surface area (Å²) in [4.78, 5) is 17.5. The monoisotopic (exact) mass is 332 g/mol. The zero-order chi connectivity index (χ0) is 16.1. The largest absolute Gasteiger partial charge is 0.385 e. The molecule has 0 aliphatic heterocycles. The summed E-state index contributed by atoms with van der Waals surface area (Å²) in [6.07, 6.45) is 5.84. The van der Waals surface area contributed by atoms with Crippen LogP contribution in [0.25, 0.3) is 10.2 Å². The molecular weight excluding hydrogens is 308 g/mol. The van der Waals surface area contributed by atoms with Crippen LogP contribution in [0.5, 0.6) is 0 Å². The molecule has 3 rings (SSSR count). The van der Waals surface area contributed by atoms with E-state index in [2.05, 4.69) is 11.4 Å². The number of methoxy groups -OCH3 is 1. The molecule has 0 saturated heterocycles. The van der Waals surface area contributed by atoms with Crippen molar-refractivity contribution in [1.82, 2.24) is 10.3 Å². The molecule has 1 N–H and O–H groups in total. The Labute approximate surface area is 141 Å². The zero-order valence-corrected chi connectivity index (χ0v) is 14.5. The molecule has 1 aromatic heterocycles. The van der Waals surface area contributed by atoms with Gasteiger partial charge in [0.1, 0.15) is 0 Å². The minimum atomic E-state index is -0.263. The Hall–Kier alpha value is -1.46. The predicted molar refractivity (Wildman–Crippen MR) is 93.7 cm³/mol. The number of ether oxygens (including phenoxy) is 1. The number of aromatic nitrogens is 1. The third kappa shape index (κ3) is 3.72. The minimum Gasteiger partial charge on any atom is -0.385 e. The van der Waals surface area contributed by atoms with Crippen molar-refractivity contribution in [2.45, 2.75) is 38.5 Å². The molecule has 0 radical (unpaired) electrons. The molecule has 0 unspecified atom stereocenters. The number of nitrogens with zero attached hydrogens (tertiary/aromatic N) is 1. The van der Waals surface area contributed by atoms with E-state index in [0.29, 0.717) is 13.2 Å². The molecule has 1 saturated carbocycles. The molecule has 1 aromatic carbocycles. The molecule has 0 bridgehead atoms. The van der Waals surface area contributed by atoms with Gasteiger partial charge in [0.15, 0.2) is 0 Å². The van der Waals surface area contributed by atoms with Crippen molar-refractivity contribution in [2.75, 3.05) is 20.3 Å². The Morgan fingerprint density at radius 3 is 2.87 bits per heavy atom. The number of fused-ring (bicyclic) bond motifs is 1. The highest BCUT2D eigenvalue weighted by Gasteiger charge is 2.41. The summed E-state index contributed by atoms with van der Waals surface area (Å²) in [7, 11) is 1.69. The van der Waals surface area contributed by atoms with Crippen LogP contribution >= 0.6 is 11.3 Å². The number of carbonyl (C=O) groups is 1. The number of benzene rings is 1. The Morgan fingerprint density at radius 1 is 1.35 bits per heavy atom. The normalized spacial score (nSPS) is 16.7. The van der Waals surface area contributed by atoms with Crippen molar-refractivity contribution in [3.63, 3.8) is 0 Å². The van der Waals surface area contributed by atoms with Gasteiger partial charge in [-0.3, -0.25) is 4.79 Å². The number of carbonyl (C=O) groups excluding carboxylic acids is 1. The molecule has 1 aliphatic rings. The van der Waals surface area contributed by atoms with Gasteiger partial charge >= 0.3 is 0 Å². The summed E-state index contributed by atoms with van der Waals surface area (Å²) in [5.41, 5.74) is 0.780. The van der Waals surface area contributed by atoms with E-state index >= 15 is 0 Å². The van der Waals surface area contributed by atoms with Gasteiger partial charge in [-0.2, -0.15) is 0 Å². The lowest BCUT2D eigenvalue weighted by Crippen LogP contribution is -2.41. The first kappa shape index (κ1) is 16.4. The average molecular weight is 332 g/mol. The van der Waals surface area contributed by atoms with E-state index in [1.54, 1.807) is 18.4 Å². The number of hydrogen-bond donors (Lipinski definition) is 1. The van der Waals surface area contributed by atoms with E-state index < -0.39 is 0 Å². The van der Waals surface area contributed by atoms with Gasteiger partial charge in [0, 0.05) is 26.7 Å². The van der Waals surface area contributed by atoms with Crippen molar-refractivity contribution < 1.29 is 9.53 Å². The van der Waals surface area contributed by atoms with Crippen LogP contribution in [-0.2, 0) is 16.0 Å². The van der Waals surface area contributed by atoms with Gasteiger partial charge in [-0.1, -0.05) is 25.0 Å². The molecule has 0 atom stereocenters. The first-order valence-corrected chi connectivity index (χ1v) is 9.17. The second-order valence-electron chi connectivity index (χ2n) is 6.34. The van der Waals surface area contributed by atoms with Crippen molar-refractivity contribution in [3.05, 3.63) is 29.3 Å². The van der Waals surface area contributed by atoms with Crippen LogP contribution in [0.1, 0.15) is 37.1 Å². The fourth-order valence-corrected chi connectivity index (χ4v) is 4.54. The van der Waals surface area contributed by atoms with E-state index in [-0.39, 0.29) is 11.3 Å². The maximum atomic E-state index is 12.8. The van der Waals surface area contributed by atoms with Gasteiger partial charge in [-0.05, 0) is 31.4 Å². The van der Waals surface area contributed by atoms with E-state index in [1.165, 1.54) is 4.70 Å². The number of hydrogen-bond acceptors (Lipinski definition) is 4. The molecular formula is C18H24N2O2S. The zero-order valence-electron chi connectivity index (χ0n) is 13.6. The van der Waals surface area contributed by atoms with Crippen LogP contribution in [0.3, 0.4) is 0 Å². The van der Waals surface area contributed by atoms with Crippen molar-refractivity contribution >= 4 is 27.5 Å². The number of rotatable bonds is 7.